The van der Waals surface area contributed by atoms with E-state index in [4.69, 9.17) is 4.84 Å². The van der Waals surface area contributed by atoms with Crippen molar-refractivity contribution in [2.45, 2.75) is 45.4 Å². The molecule has 24 heavy (non-hydrogen) atoms. The molecule has 0 bridgehead atoms. The molecule has 0 atom stereocenters. The van der Waals surface area contributed by atoms with Gasteiger partial charge in [-0.25, -0.2) is 4.79 Å². The van der Waals surface area contributed by atoms with Gasteiger partial charge in [0.2, 0.25) is 0 Å². The Morgan fingerprint density at radius 1 is 1.21 bits per heavy atom. The molecule has 0 unspecified atom stereocenters. The van der Waals surface area contributed by atoms with Gasteiger partial charge in [0.25, 0.3) is 0 Å². The van der Waals surface area contributed by atoms with Crippen LogP contribution in [-0.4, -0.2) is 19.1 Å². The van der Waals surface area contributed by atoms with Crippen LogP contribution in [0.3, 0.4) is 0 Å². The fraction of sp³-hybridized carbons (Fsp3) is 0.500. The van der Waals surface area contributed by atoms with E-state index in [0.29, 0.717) is 6.42 Å². The lowest BCUT2D eigenvalue weighted by Crippen LogP contribution is -2.31. The molecule has 0 aliphatic carbocycles. The van der Waals surface area contributed by atoms with Crippen LogP contribution in [0.5, 0.6) is 5.75 Å². The molecule has 1 radical (unpaired) electrons. The number of amides is 1. The van der Waals surface area contributed by atoms with Gasteiger partial charge in [0, 0.05) is 6.07 Å². The summed E-state index contributed by atoms with van der Waals surface area (Å²) in [5, 5.41) is 0.760. The highest BCUT2D eigenvalue weighted by atomic mass is 19.4. The molecule has 1 amide bonds. The predicted octanol–water partition coefficient (Wildman–Crippen LogP) is 5.22. The molecule has 0 aromatic heterocycles. The summed E-state index contributed by atoms with van der Waals surface area (Å²) < 4.78 is 45.0. The Morgan fingerprint density at radius 2 is 1.92 bits per heavy atom. The van der Waals surface area contributed by atoms with Crippen LogP contribution in [0.4, 0.5) is 23.7 Å². The number of hydrogen-bond donors (Lipinski definition) is 0. The lowest BCUT2D eigenvalue weighted by atomic mass is 10.2. The predicted molar refractivity (Wildman–Crippen MR) is 82.2 cm³/mol. The molecule has 0 aliphatic heterocycles. The molecule has 135 valence electrons. The van der Waals surface area contributed by atoms with Crippen molar-refractivity contribution in [1.29, 1.82) is 0 Å². The average Bonchev–Trinajstić information content (AvgIpc) is 2.52. The lowest BCUT2D eigenvalue weighted by molar-refractivity contribution is -0.274. The Kier molecular flexibility index (Phi) is 8.39. The highest BCUT2D eigenvalue weighted by Crippen LogP contribution is 2.27. The second-order valence-electron chi connectivity index (χ2n) is 5.00. The highest BCUT2D eigenvalue weighted by molar-refractivity contribution is 5.85. The summed E-state index contributed by atoms with van der Waals surface area (Å²) in [4.78, 5) is 17.1. The molecule has 8 heteroatoms. The van der Waals surface area contributed by atoms with Crippen LogP contribution < -0.4 is 9.80 Å². The van der Waals surface area contributed by atoms with Gasteiger partial charge in [0.05, 0.1) is 12.3 Å². The van der Waals surface area contributed by atoms with Crippen molar-refractivity contribution in [2.75, 3.05) is 11.7 Å². The minimum absolute atomic E-state index is 0.0546. The number of rotatable bonds is 9. The van der Waals surface area contributed by atoms with Gasteiger partial charge in [0.15, 0.2) is 0 Å². The molecular weight excluding hydrogens is 327 g/mol. The van der Waals surface area contributed by atoms with Crippen molar-refractivity contribution in [1.82, 2.24) is 0 Å². The smallest absolute Gasteiger partial charge is 0.444 e. The summed E-state index contributed by atoms with van der Waals surface area (Å²) >= 11 is 0. The van der Waals surface area contributed by atoms with E-state index in [-0.39, 0.29) is 12.3 Å². The highest BCUT2D eigenvalue weighted by Gasteiger charge is 2.31. The van der Waals surface area contributed by atoms with Crippen molar-refractivity contribution in [2.24, 2.45) is 0 Å². The number of alkyl halides is 3. The molecule has 0 fully saturated rings. The molecule has 0 saturated carbocycles. The van der Waals surface area contributed by atoms with Gasteiger partial charge in [-0.05, 0) is 18.6 Å². The van der Waals surface area contributed by atoms with Gasteiger partial charge in [-0.2, -0.15) is 5.06 Å². The maximum Gasteiger partial charge on any atom is 0.573 e. The van der Waals surface area contributed by atoms with Crippen LogP contribution in [-0.2, 0) is 9.57 Å². The quantitative estimate of drug-likeness (QED) is 0.453. The number of hydroxylamine groups is 1. The van der Waals surface area contributed by atoms with E-state index in [9.17, 15) is 18.0 Å². The maximum atomic E-state index is 12.3. The van der Waals surface area contributed by atoms with E-state index in [0.717, 1.165) is 42.9 Å². The van der Waals surface area contributed by atoms with Gasteiger partial charge in [0.1, 0.15) is 12.9 Å². The molecule has 0 heterocycles. The molecule has 0 spiro atoms. The Bertz CT molecular complexity index is 508. The molecular formula is C16H21F3NO4. The monoisotopic (exact) mass is 348 g/mol. The van der Waals surface area contributed by atoms with Crippen molar-refractivity contribution in [3.8, 4) is 5.75 Å². The van der Waals surface area contributed by atoms with Crippen molar-refractivity contribution in [3.05, 3.63) is 31.4 Å². The van der Waals surface area contributed by atoms with Gasteiger partial charge < -0.3 is 9.47 Å². The van der Waals surface area contributed by atoms with E-state index >= 15 is 0 Å². The number of carbonyl (C=O) groups is 1. The number of benzene rings is 1. The van der Waals surface area contributed by atoms with Crippen LogP contribution in [0.25, 0.3) is 0 Å². The molecule has 1 aromatic carbocycles. The zero-order valence-corrected chi connectivity index (χ0v) is 13.5. The van der Waals surface area contributed by atoms with Crippen molar-refractivity contribution < 1.29 is 32.3 Å². The normalized spacial score (nSPS) is 11.2. The molecule has 0 aliphatic rings. The van der Waals surface area contributed by atoms with Gasteiger partial charge in [-0.15, -0.1) is 13.2 Å². The summed E-state index contributed by atoms with van der Waals surface area (Å²) in [5.74, 6) is -0.464. The van der Waals surface area contributed by atoms with E-state index < -0.39 is 18.2 Å². The third kappa shape index (κ3) is 7.54. The van der Waals surface area contributed by atoms with Crippen LogP contribution >= 0.6 is 0 Å². The molecule has 0 N–H and O–H groups in total. The van der Waals surface area contributed by atoms with E-state index in [1.54, 1.807) is 0 Å². The van der Waals surface area contributed by atoms with Crippen molar-refractivity contribution in [3.63, 3.8) is 0 Å². The second-order valence-corrected chi connectivity index (χ2v) is 5.00. The Labute approximate surface area is 139 Å². The van der Waals surface area contributed by atoms with Crippen LogP contribution in [0.1, 0.15) is 39.0 Å². The van der Waals surface area contributed by atoms with Crippen LogP contribution in [0, 0.1) is 7.11 Å². The number of anilines is 1. The first-order valence-corrected chi connectivity index (χ1v) is 7.62. The zero-order chi connectivity index (χ0) is 18.0. The Balaban J connectivity index is 2.70. The zero-order valence-electron chi connectivity index (χ0n) is 13.5. The minimum Gasteiger partial charge on any atom is -0.444 e. The van der Waals surface area contributed by atoms with E-state index in [1.165, 1.54) is 12.1 Å². The lowest BCUT2D eigenvalue weighted by Gasteiger charge is -2.21. The third-order valence-corrected chi connectivity index (χ3v) is 3.04. The van der Waals surface area contributed by atoms with E-state index in [1.807, 2.05) is 0 Å². The number of ether oxygens (including phenoxy) is 2. The fourth-order valence-electron chi connectivity index (χ4n) is 1.96. The first kappa shape index (κ1) is 20.1. The molecule has 5 nitrogen and oxygen atoms in total. The first-order valence-electron chi connectivity index (χ1n) is 7.62. The first-order chi connectivity index (χ1) is 11.4. The number of unbranched alkanes of at least 4 members (excludes halogenated alkanes) is 4. The van der Waals surface area contributed by atoms with Crippen molar-refractivity contribution >= 4 is 11.8 Å². The topological polar surface area (TPSA) is 48.0 Å². The molecule has 1 aromatic rings. The number of nitrogens with zero attached hydrogens (tertiary/aromatic N) is 1. The largest absolute Gasteiger partial charge is 0.573 e. The van der Waals surface area contributed by atoms with Crippen LogP contribution in [0.2, 0.25) is 0 Å². The summed E-state index contributed by atoms with van der Waals surface area (Å²) in [5.41, 5.74) is 0.0546. The standard InChI is InChI=1S/C16H21F3NO4/c1-3-4-5-6-7-11-23-20(15(21)22-2)13-9-8-10-14(12-13)24-16(17,18)19/h8-10,12H,2-7,11H2,1H3. The molecule has 1 rings (SSSR count). The Morgan fingerprint density at radius 3 is 2.54 bits per heavy atom. The average molecular weight is 348 g/mol. The maximum absolute atomic E-state index is 12.3. The van der Waals surface area contributed by atoms with Gasteiger partial charge >= 0.3 is 12.5 Å². The number of hydrogen-bond acceptors (Lipinski definition) is 4. The third-order valence-electron chi connectivity index (χ3n) is 3.04. The SMILES string of the molecule is [CH2]OC(=O)N(OCCCCCCC)c1cccc(OC(F)(F)F)c1. The number of carbonyl (C=O) groups excluding carboxylic acids is 1. The van der Waals surface area contributed by atoms with E-state index in [2.05, 4.69) is 23.5 Å². The summed E-state index contributed by atoms with van der Waals surface area (Å²) in [6.45, 7) is 2.32. The van der Waals surface area contributed by atoms with Gasteiger partial charge in [-0.1, -0.05) is 38.7 Å². The molecule has 0 saturated heterocycles. The minimum atomic E-state index is -4.82. The Hall–Kier alpha value is -1.96. The summed E-state index contributed by atoms with van der Waals surface area (Å²) in [6.07, 6.45) is -0.857. The second kappa shape index (κ2) is 10.0. The summed E-state index contributed by atoms with van der Waals surface area (Å²) in [7, 11) is 3.00. The van der Waals surface area contributed by atoms with Gasteiger partial charge in [-0.3, -0.25) is 4.84 Å². The number of halogens is 3. The summed E-state index contributed by atoms with van der Waals surface area (Å²) in [6, 6.07) is 4.86. The fourth-order valence-corrected chi connectivity index (χ4v) is 1.96. The van der Waals surface area contributed by atoms with Crippen LogP contribution in [0.15, 0.2) is 24.3 Å².